The van der Waals surface area contributed by atoms with Crippen LogP contribution in [-0.2, 0) is 6.54 Å². The van der Waals surface area contributed by atoms with E-state index in [4.69, 9.17) is 4.74 Å². The molecule has 0 aliphatic heterocycles. The molecule has 1 aliphatic carbocycles. The first-order chi connectivity index (χ1) is 8.03. The Morgan fingerprint density at radius 1 is 1.35 bits per heavy atom. The van der Waals surface area contributed by atoms with Crippen molar-refractivity contribution in [2.24, 2.45) is 5.92 Å². The molecule has 0 aromatic carbocycles. The maximum absolute atomic E-state index is 5.59. The van der Waals surface area contributed by atoms with Crippen molar-refractivity contribution < 1.29 is 4.74 Å². The van der Waals surface area contributed by atoms with Crippen molar-refractivity contribution in [3.63, 3.8) is 0 Å². The van der Waals surface area contributed by atoms with Crippen LogP contribution in [0.5, 0.6) is 5.19 Å². The normalized spacial score (nSPS) is 16.2. The minimum absolute atomic E-state index is 0.110. The summed E-state index contributed by atoms with van der Waals surface area (Å²) in [6.07, 6.45) is 3.91. The second-order valence-electron chi connectivity index (χ2n) is 5.65. The molecule has 1 aromatic heterocycles. The van der Waals surface area contributed by atoms with Gasteiger partial charge in [-0.3, -0.25) is 0 Å². The fraction of sp³-hybridized carbons (Fsp3) is 0.833. The third kappa shape index (κ3) is 5.00. The van der Waals surface area contributed by atoms with Crippen LogP contribution in [-0.4, -0.2) is 22.3 Å². The van der Waals surface area contributed by atoms with Crippen LogP contribution >= 0.6 is 11.3 Å². The number of hydrogen-bond donors (Lipinski definition) is 1. The molecule has 1 N–H and O–H groups in total. The lowest BCUT2D eigenvalue weighted by Gasteiger charge is -2.19. The topological polar surface area (TPSA) is 47.0 Å². The molecule has 0 saturated heterocycles. The van der Waals surface area contributed by atoms with Gasteiger partial charge in [0.25, 0.3) is 5.19 Å². The second kappa shape index (κ2) is 5.31. The van der Waals surface area contributed by atoms with E-state index in [1.807, 2.05) is 0 Å². The van der Waals surface area contributed by atoms with E-state index < -0.39 is 0 Å². The molecule has 17 heavy (non-hydrogen) atoms. The first-order valence-electron chi connectivity index (χ1n) is 6.23. The molecule has 5 heteroatoms. The van der Waals surface area contributed by atoms with Crippen molar-refractivity contribution in [2.45, 2.75) is 52.1 Å². The standard InChI is InChI=1S/C12H21N3OS/c1-12(2,3)13-8-10-14-15-11(17-10)16-7-6-9-4-5-9/h9,13H,4-8H2,1-3H3. The van der Waals surface area contributed by atoms with E-state index in [1.165, 1.54) is 24.2 Å². The molecule has 1 aliphatic rings. The maximum Gasteiger partial charge on any atom is 0.294 e. The van der Waals surface area contributed by atoms with Crippen LogP contribution in [0.2, 0.25) is 0 Å². The van der Waals surface area contributed by atoms with Crippen molar-refractivity contribution >= 4 is 11.3 Å². The molecule has 0 atom stereocenters. The minimum Gasteiger partial charge on any atom is -0.469 e. The number of nitrogens with one attached hydrogen (secondary N) is 1. The zero-order chi connectivity index (χ0) is 12.3. The van der Waals surface area contributed by atoms with Crippen LogP contribution in [0.3, 0.4) is 0 Å². The summed E-state index contributed by atoms with van der Waals surface area (Å²) in [5.41, 5.74) is 0.110. The Labute approximate surface area is 107 Å². The van der Waals surface area contributed by atoms with Crippen molar-refractivity contribution in [1.29, 1.82) is 0 Å². The Morgan fingerprint density at radius 3 is 2.76 bits per heavy atom. The van der Waals surface area contributed by atoms with E-state index in [1.54, 1.807) is 0 Å². The van der Waals surface area contributed by atoms with Gasteiger partial charge in [0.1, 0.15) is 5.01 Å². The zero-order valence-corrected chi connectivity index (χ0v) is 11.6. The molecule has 1 fully saturated rings. The molecule has 1 heterocycles. The lowest BCUT2D eigenvalue weighted by molar-refractivity contribution is 0.298. The highest BCUT2D eigenvalue weighted by atomic mass is 32.1. The van der Waals surface area contributed by atoms with Gasteiger partial charge in [-0.15, -0.1) is 10.2 Å². The third-order valence-corrected chi connectivity index (χ3v) is 3.50. The van der Waals surface area contributed by atoms with E-state index >= 15 is 0 Å². The summed E-state index contributed by atoms with van der Waals surface area (Å²) in [7, 11) is 0. The lowest BCUT2D eigenvalue weighted by Crippen LogP contribution is -2.35. The minimum atomic E-state index is 0.110. The molecule has 0 spiro atoms. The number of nitrogens with zero attached hydrogens (tertiary/aromatic N) is 2. The Hall–Kier alpha value is -0.680. The Bertz CT molecular complexity index is 355. The van der Waals surface area contributed by atoms with E-state index in [9.17, 15) is 0 Å². The maximum atomic E-state index is 5.59. The molecular formula is C12H21N3OS. The van der Waals surface area contributed by atoms with Gasteiger partial charge in [-0.25, -0.2) is 0 Å². The summed E-state index contributed by atoms with van der Waals surface area (Å²) in [6.45, 7) is 7.96. The smallest absolute Gasteiger partial charge is 0.294 e. The van der Waals surface area contributed by atoms with E-state index in [-0.39, 0.29) is 5.54 Å². The predicted molar refractivity (Wildman–Crippen MR) is 69.3 cm³/mol. The SMILES string of the molecule is CC(C)(C)NCc1nnc(OCCC2CC2)s1. The molecule has 4 nitrogen and oxygen atoms in total. The van der Waals surface area contributed by atoms with Gasteiger partial charge in [0.2, 0.25) is 0 Å². The van der Waals surface area contributed by atoms with Gasteiger partial charge in [-0.1, -0.05) is 24.2 Å². The molecule has 1 saturated carbocycles. The summed E-state index contributed by atoms with van der Waals surface area (Å²) in [6, 6.07) is 0. The van der Waals surface area contributed by atoms with E-state index in [2.05, 4.69) is 36.3 Å². The molecule has 1 aromatic rings. The molecule has 0 bridgehead atoms. The van der Waals surface area contributed by atoms with E-state index in [0.717, 1.165) is 30.5 Å². The molecule has 0 amide bonds. The lowest BCUT2D eigenvalue weighted by atomic mass is 10.1. The highest BCUT2D eigenvalue weighted by molar-refractivity contribution is 7.13. The average Bonchev–Trinajstić information content (AvgIpc) is 2.93. The first-order valence-corrected chi connectivity index (χ1v) is 7.05. The predicted octanol–water partition coefficient (Wildman–Crippen LogP) is 2.61. The van der Waals surface area contributed by atoms with Gasteiger partial charge in [-0.05, 0) is 33.1 Å². The summed E-state index contributed by atoms with van der Waals surface area (Å²) < 4.78 is 5.59. The van der Waals surface area contributed by atoms with E-state index in [0.29, 0.717) is 5.19 Å². The van der Waals surface area contributed by atoms with Crippen LogP contribution in [0.25, 0.3) is 0 Å². The largest absolute Gasteiger partial charge is 0.469 e. The Kier molecular flexibility index (Phi) is 3.99. The monoisotopic (exact) mass is 255 g/mol. The van der Waals surface area contributed by atoms with Crippen molar-refractivity contribution in [2.75, 3.05) is 6.61 Å². The van der Waals surface area contributed by atoms with Crippen molar-refractivity contribution in [3.05, 3.63) is 5.01 Å². The van der Waals surface area contributed by atoms with Crippen LogP contribution in [0.1, 0.15) is 45.0 Å². The van der Waals surface area contributed by atoms with Crippen LogP contribution < -0.4 is 10.1 Å². The number of hydrogen-bond acceptors (Lipinski definition) is 5. The fourth-order valence-corrected chi connectivity index (χ4v) is 2.08. The van der Waals surface area contributed by atoms with Crippen LogP contribution in [0, 0.1) is 5.92 Å². The summed E-state index contributed by atoms with van der Waals surface area (Å²) in [5.74, 6) is 0.907. The third-order valence-electron chi connectivity index (χ3n) is 2.67. The Morgan fingerprint density at radius 2 is 2.12 bits per heavy atom. The van der Waals surface area contributed by atoms with Crippen LogP contribution in [0.4, 0.5) is 0 Å². The van der Waals surface area contributed by atoms with Crippen LogP contribution in [0.15, 0.2) is 0 Å². The second-order valence-corrected chi connectivity index (χ2v) is 6.67. The first kappa shape index (κ1) is 12.8. The number of ether oxygens (including phenoxy) is 1. The summed E-state index contributed by atoms with van der Waals surface area (Å²) in [4.78, 5) is 0. The van der Waals surface area contributed by atoms with Gasteiger partial charge in [0.05, 0.1) is 13.2 Å². The van der Waals surface area contributed by atoms with Gasteiger partial charge >= 0.3 is 0 Å². The molecule has 96 valence electrons. The summed E-state index contributed by atoms with van der Waals surface area (Å²) >= 11 is 1.54. The van der Waals surface area contributed by atoms with Crippen molar-refractivity contribution in [3.8, 4) is 5.19 Å². The van der Waals surface area contributed by atoms with Gasteiger partial charge < -0.3 is 10.1 Å². The van der Waals surface area contributed by atoms with Gasteiger partial charge in [0.15, 0.2) is 0 Å². The van der Waals surface area contributed by atoms with Gasteiger partial charge in [-0.2, -0.15) is 0 Å². The average molecular weight is 255 g/mol. The fourth-order valence-electron chi connectivity index (χ4n) is 1.43. The Balaban J connectivity index is 1.70. The molecule has 0 radical (unpaired) electrons. The van der Waals surface area contributed by atoms with Gasteiger partial charge in [0, 0.05) is 5.54 Å². The number of rotatable bonds is 6. The van der Waals surface area contributed by atoms with Crippen molar-refractivity contribution in [1.82, 2.24) is 15.5 Å². The zero-order valence-electron chi connectivity index (χ0n) is 10.8. The highest BCUT2D eigenvalue weighted by Crippen LogP contribution is 2.32. The molecule has 0 unspecified atom stereocenters. The molecule has 2 rings (SSSR count). The molecular weight excluding hydrogens is 234 g/mol. The summed E-state index contributed by atoms with van der Waals surface area (Å²) in [5, 5.41) is 13.2. The highest BCUT2D eigenvalue weighted by Gasteiger charge is 2.21. The quantitative estimate of drug-likeness (QED) is 0.849. The number of aromatic nitrogens is 2.